The van der Waals surface area contributed by atoms with Crippen LogP contribution in [-0.4, -0.2) is 10.9 Å². The van der Waals surface area contributed by atoms with Crippen LogP contribution in [0.4, 0.5) is 5.82 Å². The van der Waals surface area contributed by atoms with Crippen LogP contribution in [0.5, 0.6) is 0 Å². The molecule has 0 fully saturated rings. The third-order valence-corrected chi connectivity index (χ3v) is 2.94. The van der Waals surface area contributed by atoms with Crippen molar-refractivity contribution in [3.8, 4) is 0 Å². The van der Waals surface area contributed by atoms with Crippen molar-refractivity contribution >= 4 is 23.3 Å². The molecule has 0 aliphatic heterocycles. The Bertz CT molecular complexity index is 630. The molecule has 104 valence electrons. The van der Waals surface area contributed by atoms with Crippen molar-refractivity contribution in [3.05, 3.63) is 58.2 Å². The summed E-state index contributed by atoms with van der Waals surface area (Å²) in [5.41, 5.74) is 4.60. The molecule has 0 radical (unpaired) electrons. The SMILES string of the molecule is Cc1cc(C(=O)NCc2cccc(Cl)c2)cc(NN)n1. The predicted octanol–water partition coefficient (Wildman–Crippen LogP) is 2.26. The van der Waals surface area contributed by atoms with Crippen molar-refractivity contribution in [2.24, 2.45) is 5.84 Å². The quantitative estimate of drug-likeness (QED) is 0.596. The smallest absolute Gasteiger partial charge is 0.251 e. The molecule has 2 rings (SSSR count). The molecule has 2 aromatic rings. The van der Waals surface area contributed by atoms with Gasteiger partial charge < -0.3 is 10.7 Å². The van der Waals surface area contributed by atoms with Crippen LogP contribution in [0.1, 0.15) is 21.6 Å². The molecule has 0 saturated heterocycles. The van der Waals surface area contributed by atoms with E-state index in [0.717, 1.165) is 5.56 Å². The zero-order chi connectivity index (χ0) is 14.5. The molecule has 0 spiro atoms. The number of pyridine rings is 1. The number of amides is 1. The fourth-order valence-corrected chi connectivity index (χ4v) is 2.02. The standard InChI is InChI=1S/C14H15ClN4O/c1-9-5-11(7-13(18-9)19-16)14(20)17-8-10-3-2-4-12(15)6-10/h2-7H,8,16H2,1H3,(H,17,20)(H,18,19). The van der Waals surface area contributed by atoms with Gasteiger partial charge >= 0.3 is 0 Å². The fraction of sp³-hybridized carbons (Fsp3) is 0.143. The van der Waals surface area contributed by atoms with Gasteiger partial charge in [0.25, 0.3) is 5.91 Å². The number of nitrogens with one attached hydrogen (secondary N) is 2. The molecule has 0 atom stereocenters. The maximum Gasteiger partial charge on any atom is 0.251 e. The van der Waals surface area contributed by atoms with E-state index in [0.29, 0.717) is 28.6 Å². The van der Waals surface area contributed by atoms with Gasteiger partial charge in [0.15, 0.2) is 0 Å². The van der Waals surface area contributed by atoms with Crippen LogP contribution in [0, 0.1) is 6.92 Å². The van der Waals surface area contributed by atoms with E-state index in [-0.39, 0.29) is 5.91 Å². The van der Waals surface area contributed by atoms with Gasteiger partial charge in [-0.05, 0) is 36.8 Å². The van der Waals surface area contributed by atoms with Crippen LogP contribution in [0.25, 0.3) is 0 Å². The van der Waals surface area contributed by atoms with E-state index in [1.54, 1.807) is 25.1 Å². The molecule has 0 aliphatic carbocycles. The lowest BCUT2D eigenvalue weighted by Gasteiger charge is -2.08. The summed E-state index contributed by atoms with van der Waals surface area (Å²) in [5.74, 6) is 5.58. The number of rotatable bonds is 4. The van der Waals surface area contributed by atoms with Crippen LogP contribution in [-0.2, 0) is 6.54 Å². The highest BCUT2D eigenvalue weighted by Gasteiger charge is 2.08. The van der Waals surface area contributed by atoms with E-state index in [1.165, 1.54) is 0 Å². The van der Waals surface area contributed by atoms with Crippen molar-refractivity contribution in [2.45, 2.75) is 13.5 Å². The average molecular weight is 291 g/mol. The summed E-state index contributed by atoms with van der Waals surface area (Å²) in [6, 6.07) is 10.6. The first-order valence-electron chi connectivity index (χ1n) is 6.06. The normalized spacial score (nSPS) is 10.2. The van der Waals surface area contributed by atoms with E-state index < -0.39 is 0 Å². The molecule has 0 bridgehead atoms. The molecule has 20 heavy (non-hydrogen) atoms. The summed E-state index contributed by atoms with van der Waals surface area (Å²) in [7, 11) is 0. The molecule has 1 aromatic heterocycles. The van der Waals surface area contributed by atoms with E-state index in [4.69, 9.17) is 17.4 Å². The minimum absolute atomic E-state index is 0.188. The third-order valence-electron chi connectivity index (χ3n) is 2.71. The van der Waals surface area contributed by atoms with Gasteiger partial charge in [0.2, 0.25) is 0 Å². The fourth-order valence-electron chi connectivity index (χ4n) is 1.80. The lowest BCUT2D eigenvalue weighted by Crippen LogP contribution is -2.23. The van der Waals surface area contributed by atoms with E-state index in [2.05, 4.69) is 15.7 Å². The maximum absolute atomic E-state index is 12.1. The molecular formula is C14H15ClN4O. The first-order valence-corrected chi connectivity index (χ1v) is 6.44. The van der Waals surface area contributed by atoms with Gasteiger partial charge in [0, 0.05) is 22.8 Å². The van der Waals surface area contributed by atoms with Crippen LogP contribution < -0.4 is 16.6 Å². The second kappa shape index (κ2) is 6.36. The second-order valence-corrected chi connectivity index (χ2v) is 4.78. The van der Waals surface area contributed by atoms with Crippen LogP contribution in [0.3, 0.4) is 0 Å². The van der Waals surface area contributed by atoms with Crippen molar-refractivity contribution < 1.29 is 4.79 Å². The Labute approximate surface area is 122 Å². The molecule has 1 aromatic carbocycles. The summed E-state index contributed by atoms with van der Waals surface area (Å²) in [5, 5.41) is 3.47. The molecular weight excluding hydrogens is 276 g/mol. The number of carbonyl (C=O) groups is 1. The van der Waals surface area contributed by atoms with Crippen molar-refractivity contribution in [1.82, 2.24) is 10.3 Å². The van der Waals surface area contributed by atoms with E-state index in [1.807, 2.05) is 18.2 Å². The number of aromatic nitrogens is 1. The number of hydrogen-bond donors (Lipinski definition) is 3. The molecule has 4 N–H and O–H groups in total. The summed E-state index contributed by atoms with van der Waals surface area (Å²) in [6.45, 7) is 2.21. The number of carbonyl (C=O) groups excluding carboxylic acids is 1. The molecule has 6 heteroatoms. The zero-order valence-electron chi connectivity index (χ0n) is 11.0. The maximum atomic E-state index is 12.1. The average Bonchev–Trinajstić information content (AvgIpc) is 2.44. The number of aryl methyl sites for hydroxylation is 1. The Balaban J connectivity index is 2.07. The highest BCUT2D eigenvalue weighted by Crippen LogP contribution is 2.12. The summed E-state index contributed by atoms with van der Waals surface area (Å²) >= 11 is 5.89. The topological polar surface area (TPSA) is 80.0 Å². The van der Waals surface area contributed by atoms with E-state index >= 15 is 0 Å². The minimum Gasteiger partial charge on any atom is -0.348 e. The number of nitrogens with two attached hydrogens (primary N) is 1. The predicted molar refractivity (Wildman–Crippen MR) is 79.4 cm³/mol. The van der Waals surface area contributed by atoms with Crippen LogP contribution in [0.15, 0.2) is 36.4 Å². The molecule has 0 aliphatic rings. The number of nitrogen functional groups attached to an aromatic ring is 1. The lowest BCUT2D eigenvalue weighted by molar-refractivity contribution is 0.0950. The van der Waals surface area contributed by atoms with E-state index in [9.17, 15) is 4.79 Å². The largest absolute Gasteiger partial charge is 0.348 e. The van der Waals surface area contributed by atoms with Crippen LogP contribution in [0.2, 0.25) is 5.02 Å². The summed E-state index contributed by atoms with van der Waals surface area (Å²) < 4.78 is 0. The van der Waals surface area contributed by atoms with Gasteiger partial charge in [-0.15, -0.1) is 0 Å². The number of benzene rings is 1. The zero-order valence-corrected chi connectivity index (χ0v) is 11.7. The number of hydrogen-bond acceptors (Lipinski definition) is 4. The van der Waals surface area contributed by atoms with Crippen molar-refractivity contribution in [2.75, 3.05) is 5.43 Å². The lowest BCUT2D eigenvalue weighted by atomic mass is 10.2. The highest BCUT2D eigenvalue weighted by atomic mass is 35.5. The Morgan fingerprint density at radius 3 is 2.85 bits per heavy atom. The van der Waals surface area contributed by atoms with Crippen molar-refractivity contribution in [1.29, 1.82) is 0 Å². The number of hydrazine groups is 1. The molecule has 0 unspecified atom stereocenters. The van der Waals surface area contributed by atoms with Gasteiger partial charge in [-0.1, -0.05) is 23.7 Å². The minimum atomic E-state index is -0.188. The summed E-state index contributed by atoms with van der Waals surface area (Å²) in [4.78, 5) is 16.2. The molecule has 0 saturated carbocycles. The second-order valence-electron chi connectivity index (χ2n) is 4.34. The van der Waals surface area contributed by atoms with Gasteiger partial charge in [0.1, 0.15) is 5.82 Å². The monoisotopic (exact) mass is 290 g/mol. The Morgan fingerprint density at radius 1 is 1.35 bits per heavy atom. The third kappa shape index (κ3) is 3.69. The van der Waals surface area contributed by atoms with Gasteiger partial charge in [-0.2, -0.15) is 0 Å². The van der Waals surface area contributed by atoms with Gasteiger partial charge in [0.05, 0.1) is 0 Å². The van der Waals surface area contributed by atoms with Gasteiger partial charge in [-0.25, -0.2) is 10.8 Å². The molecule has 5 nitrogen and oxygen atoms in total. The number of halogens is 1. The Kier molecular flexibility index (Phi) is 4.55. The Morgan fingerprint density at radius 2 is 2.15 bits per heavy atom. The molecule has 1 amide bonds. The first-order chi connectivity index (χ1) is 9.58. The van der Waals surface area contributed by atoms with Crippen LogP contribution >= 0.6 is 11.6 Å². The van der Waals surface area contributed by atoms with Crippen molar-refractivity contribution in [3.63, 3.8) is 0 Å². The molecule has 1 heterocycles. The summed E-state index contributed by atoms with van der Waals surface area (Å²) in [6.07, 6.45) is 0. The Hall–Kier alpha value is -2.11. The van der Waals surface area contributed by atoms with Gasteiger partial charge in [-0.3, -0.25) is 4.79 Å². The number of anilines is 1. The number of nitrogens with zero attached hydrogens (tertiary/aromatic N) is 1. The first kappa shape index (κ1) is 14.3. The highest BCUT2D eigenvalue weighted by molar-refractivity contribution is 6.30.